The Bertz CT molecular complexity index is 624. The summed E-state index contributed by atoms with van der Waals surface area (Å²) in [6.07, 6.45) is 0. The van der Waals surface area contributed by atoms with Crippen molar-refractivity contribution in [3.05, 3.63) is 59.4 Å². The van der Waals surface area contributed by atoms with E-state index in [2.05, 4.69) is 6.58 Å². The van der Waals surface area contributed by atoms with Crippen LogP contribution in [0.3, 0.4) is 0 Å². The Kier molecular flexibility index (Phi) is 2.72. The number of allylic oxidation sites excluding steroid dienone is 1. The molecule has 0 heterocycles. The molecular weight excluding hydrogens is 212 g/mol. The Labute approximate surface area is 100 Å². The van der Waals surface area contributed by atoms with Crippen molar-refractivity contribution < 1.29 is 9.90 Å². The number of carbonyl (C=O) groups excluding carboxylic acids is 1. The number of benzene rings is 2. The van der Waals surface area contributed by atoms with Gasteiger partial charge in [-0.1, -0.05) is 30.8 Å². The Morgan fingerprint density at radius 1 is 1.18 bits per heavy atom. The van der Waals surface area contributed by atoms with Crippen molar-refractivity contribution >= 4 is 16.6 Å². The molecule has 2 aromatic carbocycles. The van der Waals surface area contributed by atoms with Gasteiger partial charge in [0.25, 0.3) is 0 Å². The number of aryl methyl sites for hydroxylation is 1. The number of hydrogen-bond acceptors (Lipinski definition) is 2. The van der Waals surface area contributed by atoms with E-state index in [1.807, 2.05) is 38.1 Å². The summed E-state index contributed by atoms with van der Waals surface area (Å²) in [5.41, 5.74) is 2.48. The number of rotatable bonds is 2. The highest BCUT2D eigenvalue weighted by molar-refractivity contribution is 6.10. The van der Waals surface area contributed by atoms with E-state index in [1.54, 1.807) is 6.07 Å². The average molecular weight is 226 g/mol. The summed E-state index contributed by atoms with van der Waals surface area (Å²) in [6, 6.07) is 9.69. The highest BCUT2D eigenvalue weighted by Gasteiger charge is 2.15. The first-order valence-electron chi connectivity index (χ1n) is 5.44. The van der Waals surface area contributed by atoms with E-state index < -0.39 is 11.5 Å². The van der Waals surface area contributed by atoms with Gasteiger partial charge in [-0.3, -0.25) is 4.79 Å². The van der Waals surface area contributed by atoms with Crippen LogP contribution in [0, 0.1) is 13.8 Å². The first-order chi connectivity index (χ1) is 8.02. The smallest absolute Gasteiger partial charge is 0.226 e. The number of fused-ring (bicyclic) bond motifs is 1. The molecule has 0 saturated heterocycles. The summed E-state index contributed by atoms with van der Waals surface area (Å²) in [5.74, 6) is -0.820. The van der Waals surface area contributed by atoms with Gasteiger partial charge in [0.2, 0.25) is 5.78 Å². The van der Waals surface area contributed by atoms with Gasteiger partial charge in [-0.05, 0) is 41.8 Å². The van der Waals surface area contributed by atoms with Crippen molar-refractivity contribution in [2.24, 2.45) is 0 Å². The first-order valence-corrected chi connectivity index (χ1v) is 5.44. The van der Waals surface area contributed by atoms with Crippen molar-refractivity contribution in [3.8, 4) is 0 Å². The summed E-state index contributed by atoms with van der Waals surface area (Å²) >= 11 is 0. The molecule has 0 amide bonds. The summed E-state index contributed by atoms with van der Waals surface area (Å²) in [7, 11) is 0. The fourth-order valence-electron chi connectivity index (χ4n) is 2.02. The van der Waals surface area contributed by atoms with Crippen molar-refractivity contribution in [2.45, 2.75) is 13.8 Å². The monoisotopic (exact) mass is 226 g/mol. The third-order valence-electron chi connectivity index (χ3n) is 3.14. The molecule has 0 aliphatic rings. The zero-order valence-electron chi connectivity index (χ0n) is 9.95. The lowest BCUT2D eigenvalue weighted by atomic mass is 9.93. The SMILES string of the molecule is C=C(O)C(=O)c1cc2ccccc2c(C)c1C. The topological polar surface area (TPSA) is 37.3 Å². The van der Waals surface area contributed by atoms with Gasteiger partial charge in [0.1, 0.15) is 0 Å². The zero-order chi connectivity index (χ0) is 12.6. The van der Waals surface area contributed by atoms with Crippen LogP contribution in [0.15, 0.2) is 42.7 Å². The van der Waals surface area contributed by atoms with Crippen molar-refractivity contribution in [1.82, 2.24) is 0 Å². The van der Waals surface area contributed by atoms with E-state index >= 15 is 0 Å². The minimum Gasteiger partial charge on any atom is -0.505 e. The molecule has 2 aromatic rings. The molecule has 0 unspecified atom stereocenters. The van der Waals surface area contributed by atoms with E-state index in [1.165, 1.54) is 0 Å². The summed E-state index contributed by atoms with van der Waals surface area (Å²) in [5, 5.41) is 11.3. The second-order valence-corrected chi connectivity index (χ2v) is 4.17. The minimum absolute atomic E-state index is 0.406. The number of Topliss-reactive ketones (excluding diaryl/α,β-unsaturated/α-hetero) is 1. The molecular formula is C15H14O2. The van der Waals surface area contributed by atoms with E-state index in [0.717, 1.165) is 21.9 Å². The molecule has 0 aromatic heterocycles. The van der Waals surface area contributed by atoms with E-state index in [-0.39, 0.29) is 0 Å². The molecule has 0 saturated carbocycles. The van der Waals surface area contributed by atoms with Gasteiger partial charge >= 0.3 is 0 Å². The van der Waals surface area contributed by atoms with Gasteiger partial charge in [-0.25, -0.2) is 0 Å². The second-order valence-electron chi connectivity index (χ2n) is 4.17. The molecule has 0 bridgehead atoms. The predicted octanol–water partition coefficient (Wildman–Crippen LogP) is 3.71. The maximum Gasteiger partial charge on any atom is 0.226 e. The highest BCUT2D eigenvalue weighted by Crippen LogP contribution is 2.25. The fourth-order valence-corrected chi connectivity index (χ4v) is 2.02. The molecule has 0 fully saturated rings. The molecule has 1 N–H and O–H groups in total. The predicted molar refractivity (Wildman–Crippen MR) is 69.5 cm³/mol. The largest absolute Gasteiger partial charge is 0.505 e. The van der Waals surface area contributed by atoms with Crippen LogP contribution < -0.4 is 0 Å². The number of ketones is 1. The summed E-state index contributed by atoms with van der Waals surface area (Å²) in [6.45, 7) is 7.16. The molecule has 0 atom stereocenters. The average Bonchev–Trinajstić information content (AvgIpc) is 2.33. The summed E-state index contributed by atoms with van der Waals surface area (Å²) < 4.78 is 0. The van der Waals surface area contributed by atoms with Gasteiger partial charge in [0.05, 0.1) is 0 Å². The fraction of sp³-hybridized carbons (Fsp3) is 0.133. The van der Waals surface area contributed by atoms with Crippen LogP contribution in [-0.4, -0.2) is 10.9 Å². The van der Waals surface area contributed by atoms with Crippen LogP contribution in [0.5, 0.6) is 0 Å². The molecule has 17 heavy (non-hydrogen) atoms. The van der Waals surface area contributed by atoms with Crippen molar-refractivity contribution in [3.63, 3.8) is 0 Å². The van der Waals surface area contributed by atoms with Gasteiger partial charge in [0.15, 0.2) is 5.76 Å². The molecule has 2 rings (SSSR count). The molecule has 0 aliphatic heterocycles. The van der Waals surface area contributed by atoms with Gasteiger partial charge in [0, 0.05) is 5.56 Å². The van der Waals surface area contributed by atoms with E-state index in [9.17, 15) is 9.90 Å². The standard InChI is InChI=1S/C15H14O2/c1-9-10(2)14(15(17)11(3)16)8-12-6-4-5-7-13(9)12/h4-8,16H,3H2,1-2H3. The number of aliphatic hydroxyl groups is 1. The maximum absolute atomic E-state index is 11.8. The Hall–Kier alpha value is -2.09. The molecule has 0 aliphatic carbocycles. The molecule has 2 nitrogen and oxygen atoms in total. The lowest BCUT2D eigenvalue weighted by molar-refractivity contribution is 0.0978. The first kappa shape index (κ1) is 11.4. The van der Waals surface area contributed by atoms with Gasteiger partial charge in [-0.2, -0.15) is 0 Å². The molecule has 86 valence electrons. The molecule has 0 radical (unpaired) electrons. The van der Waals surface area contributed by atoms with Crippen LogP contribution in [0.4, 0.5) is 0 Å². The minimum atomic E-state index is -0.414. The van der Waals surface area contributed by atoms with Crippen LogP contribution in [0.2, 0.25) is 0 Å². The normalized spacial score (nSPS) is 10.5. The summed E-state index contributed by atoms with van der Waals surface area (Å²) in [4.78, 5) is 11.8. The number of hydrogen-bond donors (Lipinski definition) is 1. The Morgan fingerprint density at radius 3 is 2.47 bits per heavy atom. The lowest BCUT2D eigenvalue weighted by Gasteiger charge is -2.11. The van der Waals surface area contributed by atoms with Crippen LogP contribution in [0.25, 0.3) is 10.8 Å². The number of aliphatic hydroxyl groups excluding tert-OH is 1. The highest BCUT2D eigenvalue weighted by atomic mass is 16.3. The van der Waals surface area contributed by atoms with Crippen LogP contribution in [-0.2, 0) is 0 Å². The third-order valence-corrected chi connectivity index (χ3v) is 3.14. The lowest BCUT2D eigenvalue weighted by Crippen LogP contribution is -2.05. The molecule has 2 heteroatoms. The van der Waals surface area contributed by atoms with Gasteiger partial charge in [-0.15, -0.1) is 0 Å². The quantitative estimate of drug-likeness (QED) is 0.481. The van der Waals surface area contributed by atoms with Crippen molar-refractivity contribution in [2.75, 3.05) is 0 Å². The van der Waals surface area contributed by atoms with Crippen molar-refractivity contribution in [1.29, 1.82) is 0 Å². The maximum atomic E-state index is 11.8. The second kappa shape index (κ2) is 4.06. The zero-order valence-corrected chi connectivity index (χ0v) is 9.95. The van der Waals surface area contributed by atoms with E-state index in [4.69, 9.17) is 0 Å². The van der Waals surface area contributed by atoms with Crippen LogP contribution >= 0.6 is 0 Å². The van der Waals surface area contributed by atoms with Crippen LogP contribution in [0.1, 0.15) is 21.5 Å². The Balaban J connectivity index is 2.78. The van der Waals surface area contributed by atoms with Gasteiger partial charge < -0.3 is 5.11 Å². The Morgan fingerprint density at radius 2 is 1.82 bits per heavy atom. The van der Waals surface area contributed by atoms with E-state index in [0.29, 0.717) is 5.56 Å². The molecule has 0 spiro atoms. The number of carbonyl (C=O) groups is 1. The third kappa shape index (κ3) is 1.82.